The molecule has 24 heavy (non-hydrogen) atoms. The van der Waals surface area contributed by atoms with Gasteiger partial charge in [0.2, 0.25) is 5.91 Å². The molecule has 0 unspecified atom stereocenters. The second kappa shape index (κ2) is 8.16. The third kappa shape index (κ3) is 5.08. The molecule has 0 spiro atoms. The lowest BCUT2D eigenvalue weighted by Gasteiger charge is -2.23. The standard InChI is InChI=1S/C17H27N3O3S/c1-17(2,3)19-14(22)11-24-15-12-7-4-5-8-13(12)20(9-6-10-21)16(23)18-15/h21H,4-11H2,1-3H3,(H,19,22). The summed E-state index contributed by atoms with van der Waals surface area (Å²) in [7, 11) is 0. The molecule has 134 valence electrons. The van der Waals surface area contributed by atoms with Gasteiger partial charge in [0.25, 0.3) is 0 Å². The Morgan fingerprint density at radius 3 is 2.71 bits per heavy atom. The highest BCUT2D eigenvalue weighted by molar-refractivity contribution is 7.99. The Hall–Kier alpha value is -1.34. The van der Waals surface area contributed by atoms with Crippen molar-refractivity contribution in [2.24, 2.45) is 0 Å². The zero-order valence-corrected chi connectivity index (χ0v) is 15.5. The molecule has 1 aliphatic rings. The summed E-state index contributed by atoms with van der Waals surface area (Å²) in [5.74, 6) is 0.208. The van der Waals surface area contributed by atoms with Crippen LogP contribution in [0.5, 0.6) is 0 Å². The molecule has 1 aromatic rings. The smallest absolute Gasteiger partial charge is 0.348 e. The first-order valence-corrected chi connectivity index (χ1v) is 9.47. The van der Waals surface area contributed by atoms with Gasteiger partial charge in [-0.05, 0) is 52.9 Å². The average Bonchev–Trinajstić information content (AvgIpc) is 2.50. The van der Waals surface area contributed by atoms with Crippen LogP contribution in [0.2, 0.25) is 0 Å². The van der Waals surface area contributed by atoms with E-state index in [1.165, 1.54) is 11.8 Å². The van der Waals surface area contributed by atoms with Crippen LogP contribution in [0.4, 0.5) is 0 Å². The van der Waals surface area contributed by atoms with Crippen LogP contribution in [0, 0.1) is 0 Å². The van der Waals surface area contributed by atoms with Crippen LogP contribution in [0.25, 0.3) is 0 Å². The zero-order chi connectivity index (χ0) is 17.7. The fourth-order valence-corrected chi connectivity index (χ4v) is 3.79. The number of thioether (sulfide) groups is 1. The number of rotatable bonds is 6. The Bertz CT molecular complexity index is 650. The van der Waals surface area contributed by atoms with Crippen molar-refractivity contribution in [3.05, 3.63) is 21.7 Å². The molecule has 0 radical (unpaired) electrons. The van der Waals surface area contributed by atoms with Crippen molar-refractivity contribution in [2.75, 3.05) is 12.4 Å². The fourth-order valence-electron chi connectivity index (χ4n) is 2.91. The quantitative estimate of drug-likeness (QED) is 0.598. The average molecular weight is 353 g/mol. The minimum Gasteiger partial charge on any atom is -0.396 e. The van der Waals surface area contributed by atoms with Crippen LogP contribution >= 0.6 is 11.8 Å². The molecule has 1 aromatic heterocycles. The topological polar surface area (TPSA) is 84.2 Å². The molecule has 0 aromatic carbocycles. The van der Waals surface area contributed by atoms with Crippen molar-refractivity contribution in [1.29, 1.82) is 0 Å². The molecule has 0 saturated carbocycles. The maximum Gasteiger partial charge on any atom is 0.348 e. The van der Waals surface area contributed by atoms with E-state index in [9.17, 15) is 9.59 Å². The van der Waals surface area contributed by atoms with E-state index in [2.05, 4.69) is 10.3 Å². The molecule has 0 fully saturated rings. The van der Waals surface area contributed by atoms with E-state index in [4.69, 9.17) is 5.11 Å². The van der Waals surface area contributed by atoms with Gasteiger partial charge in [0, 0.05) is 29.9 Å². The molecule has 2 rings (SSSR count). The van der Waals surface area contributed by atoms with Gasteiger partial charge in [0.1, 0.15) is 5.03 Å². The molecule has 7 heteroatoms. The molecule has 6 nitrogen and oxygen atoms in total. The van der Waals surface area contributed by atoms with E-state index in [1.54, 1.807) is 4.57 Å². The Morgan fingerprint density at radius 2 is 2.04 bits per heavy atom. The number of aromatic nitrogens is 2. The van der Waals surface area contributed by atoms with Gasteiger partial charge in [-0.25, -0.2) is 4.79 Å². The summed E-state index contributed by atoms with van der Waals surface area (Å²) >= 11 is 1.34. The first kappa shape index (κ1) is 19.0. The van der Waals surface area contributed by atoms with Crippen molar-refractivity contribution in [1.82, 2.24) is 14.9 Å². The highest BCUT2D eigenvalue weighted by atomic mass is 32.2. The normalized spacial score (nSPS) is 14.3. The Kier molecular flexibility index (Phi) is 6.46. The van der Waals surface area contributed by atoms with Crippen LogP contribution in [0.15, 0.2) is 9.82 Å². The third-order valence-electron chi connectivity index (χ3n) is 3.85. The van der Waals surface area contributed by atoms with Crippen LogP contribution in [0.1, 0.15) is 51.3 Å². The van der Waals surface area contributed by atoms with Gasteiger partial charge < -0.3 is 10.4 Å². The molecule has 1 heterocycles. The van der Waals surface area contributed by atoms with E-state index < -0.39 is 0 Å². The first-order chi connectivity index (χ1) is 11.3. The summed E-state index contributed by atoms with van der Waals surface area (Å²) in [5, 5.41) is 12.6. The minimum absolute atomic E-state index is 0.0525. The summed E-state index contributed by atoms with van der Waals surface area (Å²) in [6.07, 6.45) is 4.44. The highest BCUT2D eigenvalue weighted by Gasteiger charge is 2.21. The van der Waals surface area contributed by atoms with Crippen molar-refractivity contribution >= 4 is 17.7 Å². The van der Waals surface area contributed by atoms with Gasteiger partial charge in [0.05, 0.1) is 5.75 Å². The minimum atomic E-state index is -0.275. The van der Waals surface area contributed by atoms with Crippen LogP contribution < -0.4 is 11.0 Å². The Balaban J connectivity index is 2.20. The second-order valence-corrected chi connectivity index (χ2v) is 8.11. The summed E-state index contributed by atoms with van der Waals surface area (Å²) in [6, 6.07) is 0. The molecule has 0 saturated heterocycles. The van der Waals surface area contributed by atoms with Crippen LogP contribution in [-0.4, -0.2) is 38.5 Å². The molecule has 0 bridgehead atoms. The monoisotopic (exact) mass is 353 g/mol. The maximum absolute atomic E-state index is 12.3. The van der Waals surface area contributed by atoms with E-state index in [0.717, 1.165) is 36.9 Å². The SMILES string of the molecule is CC(C)(C)NC(=O)CSc1nc(=O)n(CCCO)c2c1CCCC2. The van der Waals surface area contributed by atoms with Crippen molar-refractivity contribution in [3.63, 3.8) is 0 Å². The molecular weight excluding hydrogens is 326 g/mol. The molecule has 1 aliphatic carbocycles. The lowest BCUT2D eigenvalue weighted by molar-refractivity contribution is -0.119. The van der Waals surface area contributed by atoms with Crippen LogP contribution in [-0.2, 0) is 24.2 Å². The van der Waals surface area contributed by atoms with Gasteiger partial charge >= 0.3 is 5.69 Å². The molecule has 0 atom stereocenters. The number of fused-ring (bicyclic) bond motifs is 1. The number of nitrogens with zero attached hydrogens (tertiary/aromatic N) is 2. The van der Waals surface area contributed by atoms with Gasteiger partial charge in [-0.3, -0.25) is 9.36 Å². The van der Waals surface area contributed by atoms with Crippen molar-refractivity contribution in [3.8, 4) is 0 Å². The zero-order valence-electron chi connectivity index (χ0n) is 14.7. The maximum atomic E-state index is 12.3. The lowest BCUT2D eigenvalue weighted by atomic mass is 9.97. The summed E-state index contributed by atoms with van der Waals surface area (Å²) in [4.78, 5) is 28.6. The molecule has 1 amide bonds. The predicted molar refractivity (Wildman–Crippen MR) is 95.5 cm³/mol. The summed E-state index contributed by atoms with van der Waals surface area (Å²) < 4.78 is 1.70. The fraction of sp³-hybridized carbons (Fsp3) is 0.706. The van der Waals surface area contributed by atoms with Gasteiger partial charge in [-0.1, -0.05) is 11.8 Å². The second-order valence-electron chi connectivity index (χ2n) is 7.15. The summed E-state index contributed by atoms with van der Waals surface area (Å²) in [6.45, 7) is 6.39. The number of hydrogen-bond acceptors (Lipinski definition) is 5. The predicted octanol–water partition coefficient (Wildman–Crippen LogP) is 1.51. The largest absolute Gasteiger partial charge is 0.396 e. The van der Waals surface area contributed by atoms with E-state index in [1.807, 2.05) is 20.8 Å². The molecule has 0 aliphatic heterocycles. The molecule has 2 N–H and O–H groups in total. The van der Waals surface area contributed by atoms with Crippen molar-refractivity contribution < 1.29 is 9.90 Å². The lowest BCUT2D eigenvalue weighted by Crippen LogP contribution is -2.41. The van der Waals surface area contributed by atoms with Gasteiger partial charge in [0.15, 0.2) is 0 Å². The number of aliphatic hydroxyl groups excluding tert-OH is 1. The van der Waals surface area contributed by atoms with E-state index in [0.29, 0.717) is 18.0 Å². The number of nitrogens with one attached hydrogen (secondary N) is 1. The Labute approximate surface area is 147 Å². The number of carbonyl (C=O) groups is 1. The third-order valence-corrected chi connectivity index (χ3v) is 4.86. The number of carbonyl (C=O) groups excluding carboxylic acids is 1. The first-order valence-electron chi connectivity index (χ1n) is 8.49. The van der Waals surface area contributed by atoms with E-state index in [-0.39, 0.29) is 29.5 Å². The van der Waals surface area contributed by atoms with Crippen molar-refractivity contribution in [2.45, 2.75) is 70.0 Å². The van der Waals surface area contributed by atoms with Crippen LogP contribution in [0.3, 0.4) is 0 Å². The summed E-state index contributed by atoms with van der Waals surface area (Å²) in [5.41, 5.74) is 1.60. The number of aliphatic hydroxyl groups is 1. The van der Waals surface area contributed by atoms with Gasteiger partial charge in [-0.2, -0.15) is 4.98 Å². The van der Waals surface area contributed by atoms with Gasteiger partial charge in [-0.15, -0.1) is 0 Å². The molecular formula is C17H27N3O3S. The Morgan fingerprint density at radius 1 is 1.33 bits per heavy atom. The van der Waals surface area contributed by atoms with E-state index >= 15 is 0 Å². The highest BCUT2D eigenvalue weighted by Crippen LogP contribution is 2.28. The number of hydrogen-bond donors (Lipinski definition) is 2. The number of amides is 1.